The number of rotatable bonds is 5. The molecule has 5 heteroatoms. The van der Waals surface area contributed by atoms with Crippen LogP contribution in [-0.2, 0) is 5.75 Å². The average molecular weight is 347 g/mol. The second kappa shape index (κ2) is 6.99. The van der Waals surface area contributed by atoms with Gasteiger partial charge in [0.15, 0.2) is 0 Å². The summed E-state index contributed by atoms with van der Waals surface area (Å²) in [6.07, 6.45) is 3.68. The number of thioether (sulfide) groups is 1. The topological polar surface area (TPSA) is 39.4 Å². The van der Waals surface area contributed by atoms with Crippen molar-refractivity contribution in [3.05, 3.63) is 78.6 Å². The molecular formula is C20H17N3OS. The van der Waals surface area contributed by atoms with Crippen molar-refractivity contribution in [3.8, 4) is 17.0 Å². The lowest BCUT2D eigenvalue weighted by atomic mass is 10.1. The normalized spacial score (nSPS) is 10.9. The predicted octanol–water partition coefficient (Wildman–Crippen LogP) is 4.70. The van der Waals surface area contributed by atoms with E-state index in [2.05, 4.69) is 40.4 Å². The highest BCUT2D eigenvalue weighted by atomic mass is 32.2. The quantitative estimate of drug-likeness (QED) is 0.491. The first kappa shape index (κ1) is 15.7. The van der Waals surface area contributed by atoms with E-state index < -0.39 is 0 Å². The van der Waals surface area contributed by atoms with Gasteiger partial charge in [-0.05, 0) is 23.8 Å². The van der Waals surface area contributed by atoms with Gasteiger partial charge >= 0.3 is 0 Å². The molecule has 2 heterocycles. The van der Waals surface area contributed by atoms with E-state index in [1.54, 1.807) is 25.1 Å². The van der Waals surface area contributed by atoms with Crippen LogP contribution in [0, 0.1) is 0 Å². The fourth-order valence-electron chi connectivity index (χ4n) is 2.63. The Balaban J connectivity index is 1.60. The maximum Gasteiger partial charge on any atom is 0.122 e. The van der Waals surface area contributed by atoms with Gasteiger partial charge in [0.2, 0.25) is 0 Å². The Bertz CT molecular complexity index is 981. The summed E-state index contributed by atoms with van der Waals surface area (Å²) in [6.45, 7) is 0. The Morgan fingerprint density at radius 2 is 1.84 bits per heavy atom. The summed E-state index contributed by atoms with van der Waals surface area (Å²) < 4.78 is 7.10. The van der Waals surface area contributed by atoms with Gasteiger partial charge < -0.3 is 4.74 Å². The Morgan fingerprint density at radius 3 is 2.60 bits per heavy atom. The molecule has 0 unspecified atom stereocenters. The first-order valence-corrected chi connectivity index (χ1v) is 8.97. The molecule has 0 aliphatic rings. The molecule has 4 nitrogen and oxygen atoms in total. The fourth-order valence-corrected chi connectivity index (χ4v) is 3.56. The molecule has 0 aliphatic carbocycles. The SMILES string of the molecule is COc1ccc(CSc2nccn3nc(-c4ccccc4)cc23)cc1. The third-order valence-corrected chi connectivity index (χ3v) is 5.02. The second-order valence-electron chi connectivity index (χ2n) is 5.59. The molecule has 0 bridgehead atoms. The summed E-state index contributed by atoms with van der Waals surface area (Å²) in [4.78, 5) is 4.54. The number of methoxy groups -OCH3 is 1. The molecule has 25 heavy (non-hydrogen) atoms. The molecule has 124 valence electrons. The van der Waals surface area contributed by atoms with Crippen molar-refractivity contribution in [1.82, 2.24) is 14.6 Å². The molecule has 0 saturated heterocycles. The molecule has 0 amide bonds. The van der Waals surface area contributed by atoms with Crippen LogP contribution in [0.15, 0.2) is 78.1 Å². The summed E-state index contributed by atoms with van der Waals surface area (Å²) in [6, 6.07) is 20.4. The molecule has 0 fully saturated rings. The first-order chi connectivity index (χ1) is 12.3. The van der Waals surface area contributed by atoms with Gasteiger partial charge in [-0.1, -0.05) is 54.2 Å². The third-order valence-electron chi connectivity index (χ3n) is 3.96. The monoisotopic (exact) mass is 347 g/mol. The number of ether oxygens (including phenoxy) is 1. The van der Waals surface area contributed by atoms with Crippen molar-refractivity contribution in [2.75, 3.05) is 7.11 Å². The van der Waals surface area contributed by atoms with Crippen LogP contribution in [0.3, 0.4) is 0 Å². The zero-order chi connectivity index (χ0) is 17.1. The van der Waals surface area contributed by atoms with Gasteiger partial charge in [0.1, 0.15) is 10.8 Å². The van der Waals surface area contributed by atoms with Crippen molar-refractivity contribution in [2.45, 2.75) is 10.8 Å². The summed E-state index contributed by atoms with van der Waals surface area (Å²) in [5.41, 5.74) is 4.33. The van der Waals surface area contributed by atoms with E-state index in [9.17, 15) is 0 Å². The number of aromatic nitrogens is 3. The lowest BCUT2D eigenvalue weighted by Gasteiger charge is -2.04. The third kappa shape index (κ3) is 3.37. The Hall–Kier alpha value is -2.79. The van der Waals surface area contributed by atoms with E-state index in [0.29, 0.717) is 0 Å². The van der Waals surface area contributed by atoms with Gasteiger partial charge in [-0.3, -0.25) is 0 Å². The minimum absolute atomic E-state index is 0.850. The minimum atomic E-state index is 0.850. The fraction of sp³-hybridized carbons (Fsp3) is 0.100. The smallest absolute Gasteiger partial charge is 0.122 e. The standard InChI is InChI=1S/C20H17N3OS/c1-24-17-9-7-15(8-10-17)14-25-20-19-13-18(16-5-3-2-4-6-16)22-23(19)12-11-21-20/h2-13H,14H2,1H3. The number of fused-ring (bicyclic) bond motifs is 1. The molecule has 0 spiro atoms. The van der Waals surface area contributed by atoms with Crippen LogP contribution in [0.25, 0.3) is 16.8 Å². The highest BCUT2D eigenvalue weighted by Gasteiger charge is 2.09. The summed E-state index contributed by atoms with van der Waals surface area (Å²) >= 11 is 1.71. The largest absolute Gasteiger partial charge is 0.497 e. The molecule has 0 atom stereocenters. The zero-order valence-electron chi connectivity index (χ0n) is 13.8. The molecular weight excluding hydrogens is 330 g/mol. The van der Waals surface area contributed by atoms with Gasteiger partial charge in [0.25, 0.3) is 0 Å². The van der Waals surface area contributed by atoms with E-state index in [4.69, 9.17) is 4.74 Å². The van der Waals surface area contributed by atoms with Crippen LogP contribution in [0.4, 0.5) is 0 Å². The van der Waals surface area contributed by atoms with Crippen LogP contribution in [0.1, 0.15) is 5.56 Å². The van der Waals surface area contributed by atoms with E-state index >= 15 is 0 Å². The number of nitrogens with zero attached hydrogens (tertiary/aromatic N) is 3. The van der Waals surface area contributed by atoms with Crippen LogP contribution < -0.4 is 4.74 Å². The molecule has 2 aromatic carbocycles. The van der Waals surface area contributed by atoms with Crippen LogP contribution in [0.5, 0.6) is 5.75 Å². The highest BCUT2D eigenvalue weighted by Crippen LogP contribution is 2.28. The maximum atomic E-state index is 5.20. The van der Waals surface area contributed by atoms with Gasteiger partial charge in [-0.2, -0.15) is 5.10 Å². The summed E-state index contributed by atoms with van der Waals surface area (Å²) in [5, 5.41) is 5.65. The molecule has 0 radical (unpaired) electrons. The van der Waals surface area contributed by atoms with E-state index in [1.165, 1.54) is 5.56 Å². The van der Waals surface area contributed by atoms with Crippen molar-refractivity contribution in [2.24, 2.45) is 0 Å². The average Bonchev–Trinajstić information content (AvgIpc) is 3.12. The lowest BCUT2D eigenvalue weighted by Crippen LogP contribution is -1.91. The molecule has 4 rings (SSSR count). The zero-order valence-corrected chi connectivity index (χ0v) is 14.6. The van der Waals surface area contributed by atoms with Crippen molar-refractivity contribution in [1.29, 1.82) is 0 Å². The van der Waals surface area contributed by atoms with E-state index in [-0.39, 0.29) is 0 Å². The second-order valence-corrected chi connectivity index (χ2v) is 6.56. The number of hydrogen-bond acceptors (Lipinski definition) is 4. The summed E-state index contributed by atoms with van der Waals surface area (Å²) in [7, 11) is 1.68. The molecule has 0 N–H and O–H groups in total. The Kier molecular flexibility index (Phi) is 4.39. The van der Waals surface area contributed by atoms with Crippen LogP contribution >= 0.6 is 11.8 Å². The maximum absolute atomic E-state index is 5.20. The Labute approximate surface area is 150 Å². The van der Waals surface area contributed by atoms with Gasteiger partial charge in [-0.15, -0.1) is 0 Å². The first-order valence-electron chi connectivity index (χ1n) is 7.99. The molecule has 0 aliphatic heterocycles. The van der Waals surface area contributed by atoms with Gasteiger partial charge in [0, 0.05) is 23.7 Å². The Morgan fingerprint density at radius 1 is 1.04 bits per heavy atom. The predicted molar refractivity (Wildman–Crippen MR) is 101 cm³/mol. The van der Waals surface area contributed by atoms with Crippen molar-refractivity contribution < 1.29 is 4.74 Å². The molecule has 0 saturated carbocycles. The van der Waals surface area contributed by atoms with Crippen molar-refractivity contribution in [3.63, 3.8) is 0 Å². The highest BCUT2D eigenvalue weighted by molar-refractivity contribution is 7.98. The van der Waals surface area contributed by atoms with Crippen LogP contribution in [-0.4, -0.2) is 21.7 Å². The van der Waals surface area contributed by atoms with Gasteiger partial charge in [0.05, 0.1) is 18.3 Å². The number of benzene rings is 2. The number of hydrogen-bond donors (Lipinski definition) is 0. The van der Waals surface area contributed by atoms with Gasteiger partial charge in [-0.25, -0.2) is 9.50 Å². The minimum Gasteiger partial charge on any atom is -0.497 e. The van der Waals surface area contributed by atoms with E-state index in [1.807, 2.05) is 41.0 Å². The lowest BCUT2D eigenvalue weighted by molar-refractivity contribution is 0.414. The van der Waals surface area contributed by atoms with Crippen LogP contribution in [0.2, 0.25) is 0 Å². The summed E-state index contributed by atoms with van der Waals surface area (Å²) in [5.74, 6) is 1.72. The van der Waals surface area contributed by atoms with Crippen molar-refractivity contribution >= 4 is 17.3 Å². The molecule has 2 aromatic heterocycles. The molecule has 4 aromatic rings. The van der Waals surface area contributed by atoms with E-state index in [0.717, 1.165) is 33.3 Å².